The number of hydrogen-bond acceptors (Lipinski definition) is 4. The van der Waals surface area contributed by atoms with Crippen molar-refractivity contribution >= 4 is 6.09 Å². The van der Waals surface area contributed by atoms with Gasteiger partial charge in [0.25, 0.3) is 0 Å². The van der Waals surface area contributed by atoms with E-state index in [1.165, 1.54) is 5.56 Å². The predicted octanol–water partition coefficient (Wildman–Crippen LogP) is 3.22. The van der Waals surface area contributed by atoms with Crippen LogP contribution < -0.4 is 5.32 Å². The molecule has 1 rings (SSSR count). The third kappa shape index (κ3) is 10.1. The van der Waals surface area contributed by atoms with E-state index in [-0.39, 0.29) is 12.6 Å². The molecular weight excluding hydrogens is 316 g/mol. The summed E-state index contributed by atoms with van der Waals surface area (Å²) in [5.74, 6) is 0. The minimum Gasteiger partial charge on any atom is -0.444 e. The van der Waals surface area contributed by atoms with Crippen molar-refractivity contribution in [2.24, 2.45) is 0 Å². The zero-order valence-electron chi connectivity index (χ0n) is 16.3. The van der Waals surface area contributed by atoms with Crippen molar-refractivity contribution in [2.75, 3.05) is 19.6 Å². The normalized spacial score (nSPS) is 14.0. The molecular formula is C20H34N2O3. The molecule has 0 fully saturated rings. The minimum atomic E-state index is -0.581. The molecule has 2 atom stereocenters. The number of amides is 1. The maximum absolute atomic E-state index is 12.2. The Kier molecular flexibility index (Phi) is 8.93. The van der Waals surface area contributed by atoms with Crippen LogP contribution in [0.3, 0.4) is 0 Å². The van der Waals surface area contributed by atoms with Gasteiger partial charge in [-0.2, -0.15) is 0 Å². The van der Waals surface area contributed by atoms with Crippen LogP contribution in [-0.2, 0) is 11.2 Å². The maximum atomic E-state index is 12.2. The SMILES string of the molecule is CC(O)CN(CCNC(C)CCc1ccccc1)C(=O)OC(C)(C)C. The van der Waals surface area contributed by atoms with E-state index < -0.39 is 11.7 Å². The molecule has 0 aliphatic rings. The van der Waals surface area contributed by atoms with E-state index in [9.17, 15) is 9.90 Å². The van der Waals surface area contributed by atoms with Gasteiger partial charge in [0, 0.05) is 25.7 Å². The first-order valence-electron chi connectivity index (χ1n) is 9.10. The van der Waals surface area contributed by atoms with Crippen molar-refractivity contribution in [3.8, 4) is 0 Å². The molecule has 0 bridgehead atoms. The summed E-state index contributed by atoms with van der Waals surface area (Å²) >= 11 is 0. The van der Waals surface area contributed by atoms with E-state index in [0.29, 0.717) is 19.1 Å². The zero-order chi connectivity index (χ0) is 18.9. The predicted molar refractivity (Wildman–Crippen MR) is 102 cm³/mol. The molecule has 5 nitrogen and oxygen atoms in total. The van der Waals surface area contributed by atoms with Gasteiger partial charge in [-0.15, -0.1) is 0 Å². The lowest BCUT2D eigenvalue weighted by molar-refractivity contribution is 0.0163. The summed E-state index contributed by atoms with van der Waals surface area (Å²) in [7, 11) is 0. The first kappa shape index (κ1) is 21.5. The van der Waals surface area contributed by atoms with Gasteiger partial charge >= 0.3 is 6.09 Å². The van der Waals surface area contributed by atoms with Gasteiger partial charge in [0.05, 0.1) is 6.10 Å². The molecule has 2 unspecified atom stereocenters. The Hall–Kier alpha value is -1.59. The van der Waals surface area contributed by atoms with Crippen molar-refractivity contribution in [3.05, 3.63) is 35.9 Å². The minimum absolute atomic E-state index is 0.273. The molecule has 5 heteroatoms. The van der Waals surface area contributed by atoms with E-state index in [4.69, 9.17) is 4.74 Å². The van der Waals surface area contributed by atoms with Crippen molar-refractivity contribution in [1.29, 1.82) is 0 Å². The number of benzene rings is 1. The highest BCUT2D eigenvalue weighted by Crippen LogP contribution is 2.10. The van der Waals surface area contributed by atoms with Gasteiger partial charge in [-0.1, -0.05) is 30.3 Å². The molecule has 0 aliphatic carbocycles. The molecule has 2 N–H and O–H groups in total. The quantitative estimate of drug-likeness (QED) is 0.718. The second-order valence-corrected chi connectivity index (χ2v) is 7.65. The third-order valence-corrected chi connectivity index (χ3v) is 3.72. The average Bonchev–Trinajstić information content (AvgIpc) is 2.51. The Morgan fingerprint density at radius 3 is 2.44 bits per heavy atom. The van der Waals surface area contributed by atoms with Crippen LogP contribution in [0.4, 0.5) is 4.79 Å². The molecule has 25 heavy (non-hydrogen) atoms. The highest BCUT2D eigenvalue weighted by Gasteiger charge is 2.22. The summed E-state index contributed by atoms with van der Waals surface area (Å²) in [6.45, 7) is 10.8. The Bertz CT molecular complexity index is 497. The maximum Gasteiger partial charge on any atom is 0.410 e. The van der Waals surface area contributed by atoms with Crippen LogP contribution in [0.2, 0.25) is 0 Å². The third-order valence-electron chi connectivity index (χ3n) is 3.72. The van der Waals surface area contributed by atoms with Crippen LogP contribution >= 0.6 is 0 Å². The topological polar surface area (TPSA) is 61.8 Å². The summed E-state index contributed by atoms with van der Waals surface area (Å²) in [6, 6.07) is 10.8. The van der Waals surface area contributed by atoms with E-state index in [0.717, 1.165) is 12.8 Å². The second kappa shape index (κ2) is 10.4. The van der Waals surface area contributed by atoms with E-state index in [1.54, 1.807) is 11.8 Å². The molecule has 1 amide bonds. The molecule has 0 aromatic heterocycles. The lowest BCUT2D eigenvalue weighted by atomic mass is 10.1. The van der Waals surface area contributed by atoms with Crippen LogP contribution in [0.15, 0.2) is 30.3 Å². The van der Waals surface area contributed by atoms with Crippen molar-refractivity contribution < 1.29 is 14.6 Å². The first-order chi connectivity index (χ1) is 11.7. The smallest absolute Gasteiger partial charge is 0.410 e. The van der Waals surface area contributed by atoms with Gasteiger partial charge in [0.1, 0.15) is 5.60 Å². The van der Waals surface area contributed by atoms with Crippen LogP contribution in [0.5, 0.6) is 0 Å². The number of carbonyl (C=O) groups is 1. The largest absolute Gasteiger partial charge is 0.444 e. The Morgan fingerprint density at radius 2 is 1.88 bits per heavy atom. The van der Waals surface area contributed by atoms with Crippen molar-refractivity contribution in [2.45, 2.75) is 65.2 Å². The molecule has 0 saturated heterocycles. The molecule has 142 valence electrons. The molecule has 0 spiro atoms. The Labute approximate surface area is 152 Å². The fourth-order valence-corrected chi connectivity index (χ4v) is 2.48. The number of rotatable bonds is 9. The van der Waals surface area contributed by atoms with Gasteiger partial charge in [-0.3, -0.25) is 0 Å². The lowest BCUT2D eigenvalue weighted by Crippen LogP contribution is -2.44. The van der Waals surface area contributed by atoms with Gasteiger partial charge in [0.15, 0.2) is 0 Å². The van der Waals surface area contributed by atoms with Crippen molar-refractivity contribution in [1.82, 2.24) is 10.2 Å². The summed E-state index contributed by atoms with van der Waals surface area (Å²) in [6.07, 6.45) is 1.10. The van der Waals surface area contributed by atoms with Gasteiger partial charge in [-0.05, 0) is 53.0 Å². The average molecular weight is 351 g/mol. The van der Waals surface area contributed by atoms with Gasteiger partial charge in [-0.25, -0.2) is 4.79 Å². The van der Waals surface area contributed by atoms with E-state index >= 15 is 0 Å². The second-order valence-electron chi connectivity index (χ2n) is 7.65. The Balaban J connectivity index is 2.38. The van der Waals surface area contributed by atoms with Crippen LogP contribution in [0.1, 0.15) is 46.6 Å². The van der Waals surface area contributed by atoms with Crippen LogP contribution in [-0.4, -0.2) is 53.5 Å². The lowest BCUT2D eigenvalue weighted by Gasteiger charge is -2.28. The summed E-state index contributed by atoms with van der Waals surface area (Å²) < 4.78 is 5.41. The molecule has 1 aromatic rings. The van der Waals surface area contributed by atoms with Gasteiger partial charge in [0.2, 0.25) is 0 Å². The molecule has 0 heterocycles. The number of ether oxygens (including phenoxy) is 1. The first-order valence-corrected chi connectivity index (χ1v) is 9.10. The molecule has 0 saturated carbocycles. The van der Waals surface area contributed by atoms with Gasteiger partial charge < -0.3 is 20.1 Å². The molecule has 0 aliphatic heterocycles. The number of aryl methyl sites for hydroxylation is 1. The number of carbonyl (C=O) groups excluding carboxylic acids is 1. The number of hydrogen-bond donors (Lipinski definition) is 2. The highest BCUT2D eigenvalue weighted by atomic mass is 16.6. The fourth-order valence-electron chi connectivity index (χ4n) is 2.48. The fraction of sp³-hybridized carbons (Fsp3) is 0.650. The number of aliphatic hydroxyl groups is 1. The zero-order valence-corrected chi connectivity index (χ0v) is 16.3. The van der Waals surface area contributed by atoms with Crippen LogP contribution in [0, 0.1) is 0 Å². The summed E-state index contributed by atoms with van der Waals surface area (Å²) in [5, 5.41) is 13.1. The standard InChI is InChI=1S/C20H34N2O3/c1-16(11-12-18-9-7-6-8-10-18)21-13-14-22(15-17(2)23)19(24)25-20(3,4)5/h6-10,16-17,21,23H,11-15H2,1-5H3. The monoisotopic (exact) mass is 350 g/mol. The summed E-state index contributed by atoms with van der Waals surface area (Å²) in [5.41, 5.74) is 0.797. The Morgan fingerprint density at radius 1 is 1.24 bits per heavy atom. The highest BCUT2D eigenvalue weighted by molar-refractivity contribution is 5.68. The number of nitrogens with zero attached hydrogens (tertiary/aromatic N) is 1. The molecule has 1 aromatic carbocycles. The summed E-state index contributed by atoms with van der Waals surface area (Å²) in [4.78, 5) is 13.8. The van der Waals surface area contributed by atoms with Crippen LogP contribution in [0.25, 0.3) is 0 Å². The van der Waals surface area contributed by atoms with Crippen molar-refractivity contribution in [3.63, 3.8) is 0 Å². The van der Waals surface area contributed by atoms with E-state index in [1.807, 2.05) is 26.8 Å². The number of nitrogens with one attached hydrogen (secondary N) is 1. The molecule has 0 radical (unpaired) electrons. The number of aliphatic hydroxyl groups excluding tert-OH is 1. The van der Waals surface area contributed by atoms with E-state index in [2.05, 4.69) is 36.5 Å².